The molecule has 0 spiro atoms. The second-order valence-electron chi connectivity index (χ2n) is 7.37. The van der Waals surface area contributed by atoms with Crippen molar-refractivity contribution in [2.45, 2.75) is 39.0 Å². The fraction of sp³-hybridized carbons (Fsp3) is 0.292. The highest BCUT2D eigenvalue weighted by Crippen LogP contribution is 2.29. The van der Waals surface area contributed by atoms with Crippen LogP contribution in [0.15, 0.2) is 60.0 Å². The number of benzene rings is 2. The first-order valence-electron chi connectivity index (χ1n) is 10.2. The molecule has 0 saturated carbocycles. The Morgan fingerprint density at radius 2 is 1.55 bits per heavy atom. The van der Waals surface area contributed by atoms with Crippen LogP contribution in [0, 0.1) is 6.92 Å². The summed E-state index contributed by atoms with van der Waals surface area (Å²) in [6.07, 6.45) is 5.79. The van der Waals surface area contributed by atoms with Crippen molar-refractivity contribution in [1.82, 2.24) is 20.0 Å². The summed E-state index contributed by atoms with van der Waals surface area (Å²) in [5.74, 6) is 0. The summed E-state index contributed by atoms with van der Waals surface area (Å²) in [6, 6.07) is 19.0. The fourth-order valence-electron chi connectivity index (χ4n) is 3.60. The number of aromatic nitrogens is 4. The summed E-state index contributed by atoms with van der Waals surface area (Å²) < 4.78 is 0. The quantitative estimate of drug-likeness (QED) is 0.346. The van der Waals surface area contributed by atoms with Crippen LogP contribution < -0.4 is 0 Å². The van der Waals surface area contributed by atoms with Gasteiger partial charge in [0.05, 0.1) is 10.7 Å². The molecule has 0 N–H and O–H groups in total. The summed E-state index contributed by atoms with van der Waals surface area (Å²) in [5, 5.41) is 12.6. The molecule has 29 heavy (non-hydrogen) atoms. The lowest BCUT2D eigenvalue weighted by Crippen LogP contribution is -1.92. The van der Waals surface area contributed by atoms with Gasteiger partial charge in [0.15, 0.2) is 0 Å². The molecule has 2 aromatic carbocycles. The Bertz CT molecular complexity index is 1070. The maximum Gasteiger partial charge on any atom is 0.121 e. The third-order valence-electron chi connectivity index (χ3n) is 5.03. The Labute approximate surface area is 176 Å². The number of rotatable bonds is 8. The number of nitrogens with zero attached hydrogens (tertiary/aromatic N) is 4. The first-order valence-corrected chi connectivity index (χ1v) is 11.0. The Hall–Kier alpha value is -2.79. The van der Waals surface area contributed by atoms with E-state index in [0.29, 0.717) is 0 Å². The number of unbranched alkanes of at least 4 members (excludes halogenated alkanes) is 2. The molecule has 5 heteroatoms. The molecule has 0 unspecified atom stereocenters. The van der Waals surface area contributed by atoms with E-state index >= 15 is 0 Å². The SMILES string of the molecule is Cc1nc(CCCCCc2cccc(-c3nn(C)nc3-c3ccccc3)c2)cs1. The lowest BCUT2D eigenvalue weighted by molar-refractivity contribution is 0.657. The zero-order valence-electron chi connectivity index (χ0n) is 17.0. The molecule has 148 valence electrons. The van der Waals surface area contributed by atoms with Gasteiger partial charge in [0.2, 0.25) is 0 Å². The van der Waals surface area contributed by atoms with E-state index in [9.17, 15) is 0 Å². The highest BCUT2D eigenvalue weighted by Gasteiger charge is 2.14. The fourth-order valence-corrected chi connectivity index (χ4v) is 4.25. The Kier molecular flexibility index (Phi) is 6.15. The normalized spacial score (nSPS) is 11.1. The molecular formula is C24H26N4S. The smallest absolute Gasteiger partial charge is 0.121 e. The van der Waals surface area contributed by atoms with Crippen molar-refractivity contribution in [1.29, 1.82) is 0 Å². The first kappa shape index (κ1) is 19.5. The van der Waals surface area contributed by atoms with Crippen molar-refractivity contribution in [3.63, 3.8) is 0 Å². The molecule has 4 rings (SSSR count). The van der Waals surface area contributed by atoms with E-state index in [-0.39, 0.29) is 0 Å². The molecule has 0 amide bonds. The van der Waals surface area contributed by atoms with Crippen molar-refractivity contribution < 1.29 is 0 Å². The Balaban J connectivity index is 1.40. The van der Waals surface area contributed by atoms with E-state index in [0.717, 1.165) is 40.4 Å². The minimum Gasteiger partial charge on any atom is -0.247 e. The van der Waals surface area contributed by atoms with Crippen molar-refractivity contribution in [3.8, 4) is 22.5 Å². The van der Waals surface area contributed by atoms with E-state index in [2.05, 4.69) is 63.9 Å². The summed E-state index contributed by atoms with van der Waals surface area (Å²) in [6.45, 7) is 2.07. The molecule has 2 heterocycles. The largest absolute Gasteiger partial charge is 0.247 e. The molecule has 4 aromatic rings. The van der Waals surface area contributed by atoms with Crippen LogP contribution >= 0.6 is 11.3 Å². The predicted molar refractivity (Wildman–Crippen MR) is 120 cm³/mol. The number of thiazole rings is 1. The minimum atomic E-state index is 0.934. The second kappa shape index (κ2) is 9.14. The third kappa shape index (κ3) is 4.98. The Morgan fingerprint density at radius 1 is 0.828 bits per heavy atom. The molecule has 0 radical (unpaired) electrons. The third-order valence-corrected chi connectivity index (χ3v) is 5.85. The summed E-state index contributed by atoms with van der Waals surface area (Å²) in [5.41, 5.74) is 6.70. The number of aryl methyl sites for hydroxylation is 4. The Morgan fingerprint density at radius 3 is 2.31 bits per heavy atom. The van der Waals surface area contributed by atoms with Crippen LogP contribution in [0.5, 0.6) is 0 Å². The highest BCUT2D eigenvalue weighted by atomic mass is 32.1. The van der Waals surface area contributed by atoms with E-state index in [1.807, 2.05) is 25.2 Å². The van der Waals surface area contributed by atoms with Gasteiger partial charge in [0.1, 0.15) is 11.4 Å². The maximum absolute atomic E-state index is 4.64. The lowest BCUT2D eigenvalue weighted by atomic mass is 10.00. The van der Waals surface area contributed by atoms with Gasteiger partial charge in [0.25, 0.3) is 0 Å². The lowest BCUT2D eigenvalue weighted by Gasteiger charge is -2.05. The van der Waals surface area contributed by atoms with E-state index in [1.54, 1.807) is 16.1 Å². The molecule has 0 saturated heterocycles. The average molecular weight is 403 g/mol. The van der Waals surface area contributed by atoms with Crippen molar-refractivity contribution in [2.75, 3.05) is 0 Å². The predicted octanol–water partition coefficient (Wildman–Crippen LogP) is 5.87. The minimum absolute atomic E-state index is 0.934. The van der Waals surface area contributed by atoms with Crippen molar-refractivity contribution >= 4 is 11.3 Å². The van der Waals surface area contributed by atoms with E-state index in [4.69, 9.17) is 0 Å². The van der Waals surface area contributed by atoms with Gasteiger partial charge in [-0.2, -0.15) is 15.0 Å². The van der Waals surface area contributed by atoms with Crippen molar-refractivity contribution in [2.24, 2.45) is 7.05 Å². The van der Waals surface area contributed by atoms with Gasteiger partial charge in [-0.1, -0.05) is 55.0 Å². The van der Waals surface area contributed by atoms with Crippen LogP contribution in [-0.2, 0) is 19.9 Å². The van der Waals surface area contributed by atoms with Crippen LogP contribution in [-0.4, -0.2) is 20.0 Å². The monoisotopic (exact) mass is 402 g/mol. The van der Waals surface area contributed by atoms with Gasteiger partial charge in [-0.25, -0.2) is 4.98 Å². The molecule has 4 nitrogen and oxygen atoms in total. The molecule has 0 aliphatic carbocycles. The van der Waals surface area contributed by atoms with Crippen LogP contribution in [0.1, 0.15) is 35.5 Å². The van der Waals surface area contributed by atoms with Gasteiger partial charge in [-0.3, -0.25) is 0 Å². The summed E-state index contributed by atoms with van der Waals surface area (Å²) in [4.78, 5) is 6.21. The van der Waals surface area contributed by atoms with Crippen molar-refractivity contribution in [3.05, 3.63) is 76.2 Å². The molecule has 2 aromatic heterocycles. The molecule has 0 atom stereocenters. The van der Waals surface area contributed by atoms with Crippen LogP contribution in [0.3, 0.4) is 0 Å². The van der Waals surface area contributed by atoms with E-state index in [1.165, 1.54) is 30.5 Å². The topological polar surface area (TPSA) is 43.6 Å². The maximum atomic E-state index is 4.64. The number of hydrogen-bond donors (Lipinski definition) is 0. The van der Waals surface area contributed by atoms with Gasteiger partial charge < -0.3 is 0 Å². The van der Waals surface area contributed by atoms with Gasteiger partial charge >= 0.3 is 0 Å². The molecular weight excluding hydrogens is 376 g/mol. The zero-order chi connectivity index (χ0) is 20.1. The second-order valence-corrected chi connectivity index (χ2v) is 8.43. The molecule has 0 bridgehead atoms. The molecule has 0 fully saturated rings. The standard InChI is InChI=1S/C24H26N4S/c1-18-25-22(17-29-18)15-8-3-5-10-19-11-9-14-21(16-19)24-23(26-28(2)27-24)20-12-6-4-7-13-20/h4,6-7,9,11-14,16-17H,3,5,8,10,15H2,1-2H3. The number of hydrogen-bond acceptors (Lipinski definition) is 4. The summed E-state index contributed by atoms with van der Waals surface area (Å²) >= 11 is 1.74. The highest BCUT2D eigenvalue weighted by molar-refractivity contribution is 7.09. The van der Waals surface area contributed by atoms with Crippen LogP contribution in [0.2, 0.25) is 0 Å². The zero-order valence-corrected chi connectivity index (χ0v) is 17.8. The van der Waals surface area contributed by atoms with Gasteiger partial charge in [-0.15, -0.1) is 11.3 Å². The first-order chi connectivity index (χ1) is 14.2. The average Bonchev–Trinajstić information content (AvgIpc) is 3.34. The van der Waals surface area contributed by atoms with Gasteiger partial charge in [-0.05, 0) is 44.2 Å². The summed E-state index contributed by atoms with van der Waals surface area (Å²) in [7, 11) is 1.88. The van der Waals surface area contributed by atoms with Crippen LogP contribution in [0.25, 0.3) is 22.5 Å². The van der Waals surface area contributed by atoms with Crippen LogP contribution in [0.4, 0.5) is 0 Å². The van der Waals surface area contributed by atoms with E-state index < -0.39 is 0 Å². The molecule has 0 aliphatic rings. The van der Waals surface area contributed by atoms with Gasteiger partial charge in [0, 0.05) is 23.6 Å². The molecule has 0 aliphatic heterocycles.